The average molecular weight is 282 g/mol. The molecule has 4 heteroatoms. The van der Waals surface area contributed by atoms with E-state index < -0.39 is 0 Å². The van der Waals surface area contributed by atoms with Crippen molar-refractivity contribution in [1.29, 1.82) is 0 Å². The first-order valence-corrected chi connectivity index (χ1v) is 8.42. The van der Waals surface area contributed by atoms with Gasteiger partial charge < -0.3 is 10.1 Å². The van der Waals surface area contributed by atoms with Crippen molar-refractivity contribution in [3.63, 3.8) is 0 Å². The van der Waals surface area contributed by atoms with Gasteiger partial charge in [0.25, 0.3) is 0 Å². The second-order valence-electron chi connectivity index (χ2n) is 5.43. The van der Waals surface area contributed by atoms with Gasteiger partial charge in [0.05, 0.1) is 16.8 Å². The third kappa shape index (κ3) is 5.21. The fourth-order valence-corrected chi connectivity index (χ4v) is 3.26. The lowest BCUT2D eigenvalue weighted by atomic mass is 10.0. The van der Waals surface area contributed by atoms with E-state index in [1.807, 2.05) is 0 Å². The molecule has 2 heterocycles. The maximum Gasteiger partial charge on any atom is 0.0897 e. The molecule has 0 aromatic carbocycles. The van der Waals surface area contributed by atoms with Crippen molar-refractivity contribution >= 4 is 11.3 Å². The lowest BCUT2D eigenvalue weighted by molar-refractivity contribution is 0.0995. The first-order valence-electron chi connectivity index (χ1n) is 7.54. The number of ether oxygens (including phenoxy) is 1. The van der Waals surface area contributed by atoms with E-state index in [9.17, 15) is 0 Å². The fraction of sp³-hybridized carbons (Fsp3) is 0.800. The minimum Gasteiger partial charge on any atom is -0.378 e. The van der Waals surface area contributed by atoms with Crippen LogP contribution in [0.3, 0.4) is 0 Å². The maximum atomic E-state index is 5.72. The molecule has 1 aliphatic heterocycles. The number of aryl methyl sites for hydroxylation is 1. The van der Waals surface area contributed by atoms with E-state index >= 15 is 0 Å². The van der Waals surface area contributed by atoms with Crippen molar-refractivity contribution in [2.75, 3.05) is 13.2 Å². The summed E-state index contributed by atoms with van der Waals surface area (Å²) in [5.74, 6) is 0. The summed E-state index contributed by atoms with van der Waals surface area (Å²) in [6, 6.07) is 0.547. The van der Waals surface area contributed by atoms with Crippen LogP contribution >= 0.6 is 11.3 Å². The molecule has 2 rings (SSSR count). The van der Waals surface area contributed by atoms with Crippen molar-refractivity contribution in [3.8, 4) is 0 Å². The second kappa shape index (κ2) is 7.98. The van der Waals surface area contributed by atoms with Gasteiger partial charge in [0.2, 0.25) is 0 Å². The number of hydrogen-bond donors (Lipinski definition) is 1. The van der Waals surface area contributed by atoms with Crippen LogP contribution in [0.25, 0.3) is 0 Å². The molecule has 1 aliphatic rings. The normalized spacial score (nSPS) is 20.8. The third-order valence-electron chi connectivity index (χ3n) is 3.67. The Labute approximate surface area is 120 Å². The van der Waals surface area contributed by atoms with Gasteiger partial charge in [0.15, 0.2) is 0 Å². The number of thiazole rings is 1. The van der Waals surface area contributed by atoms with Gasteiger partial charge in [-0.3, -0.25) is 0 Å². The Morgan fingerprint density at radius 1 is 1.58 bits per heavy atom. The summed E-state index contributed by atoms with van der Waals surface area (Å²) in [6.45, 7) is 6.36. The van der Waals surface area contributed by atoms with Crippen LogP contribution in [0.4, 0.5) is 0 Å². The molecule has 1 aromatic heterocycles. The van der Waals surface area contributed by atoms with Crippen LogP contribution in [0, 0.1) is 6.92 Å². The van der Waals surface area contributed by atoms with Gasteiger partial charge in [-0.15, -0.1) is 11.3 Å². The van der Waals surface area contributed by atoms with E-state index in [4.69, 9.17) is 4.74 Å². The Morgan fingerprint density at radius 3 is 3.11 bits per heavy atom. The van der Waals surface area contributed by atoms with E-state index in [1.165, 1.54) is 42.8 Å². The topological polar surface area (TPSA) is 34.1 Å². The van der Waals surface area contributed by atoms with Gasteiger partial charge in [-0.2, -0.15) is 0 Å². The Kier molecular flexibility index (Phi) is 6.28. The summed E-state index contributed by atoms with van der Waals surface area (Å²) in [5, 5.41) is 7.03. The van der Waals surface area contributed by atoms with Crippen LogP contribution in [0.1, 0.15) is 49.7 Å². The van der Waals surface area contributed by atoms with E-state index in [1.54, 1.807) is 11.3 Å². The quantitative estimate of drug-likeness (QED) is 0.794. The van der Waals surface area contributed by atoms with Crippen LogP contribution in [0.15, 0.2) is 5.38 Å². The molecule has 2 atom stereocenters. The fourth-order valence-electron chi connectivity index (χ4n) is 2.64. The molecule has 3 nitrogen and oxygen atoms in total. The van der Waals surface area contributed by atoms with E-state index in [0.717, 1.165) is 19.6 Å². The molecule has 1 N–H and O–H groups in total. The molecule has 0 saturated carbocycles. The summed E-state index contributed by atoms with van der Waals surface area (Å²) in [7, 11) is 0. The Morgan fingerprint density at radius 2 is 2.47 bits per heavy atom. The molecular formula is C15H26N2OS. The molecule has 0 aliphatic carbocycles. The molecule has 108 valence electrons. The van der Waals surface area contributed by atoms with Crippen molar-refractivity contribution in [2.45, 2.75) is 64.5 Å². The molecular weight excluding hydrogens is 256 g/mol. The predicted molar refractivity (Wildman–Crippen MR) is 80.8 cm³/mol. The smallest absolute Gasteiger partial charge is 0.0897 e. The predicted octanol–water partition coefficient (Wildman–Crippen LogP) is 3.32. The van der Waals surface area contributed by atoms with Gasteiger partial charge in [0.1, 0.15) is 0 Å². The van der Waals surface area contributed by atoms with Gasteiger partial charge in [-0.1, -0.05) is 6.92 Å². The lowest BCUT2D eigenvalue weighted by Gasteiger charge is -2.19. The monoisotopic (exact) mass is 282 g/mol. The number of rotatable bonds is 8. The zero-order valence-corrected chi connectivity index (χ0v) is 13.0. The highest BCUT2D eigenvalue weighted by atomic mass is 32.1. The average Bonchev–Trinajstić information content (AvgIpc) is 3.04. The maximum absolute atomic E-state index is 5.72. The van der Waals surface area contributed by atoms with Crippen LogP contribution < -0.4 is 5.32 Å². The SMILES string of the molecule is CCCNC(CCC1CCCO1)Cc1csc(C)n1. The standard InChI is InChI=1S/C15H26N2OS/c1-3-8-16-13(6-7-15-5-4-9-18-15)10-14-11-19-12(2)17-14/h11,13,15-16H,3-10H2,1-2H3. The summed E-state index contributed by atoms with van der Waals surface area (Å²) >= 11 is 1.75. The summed E-state index contributed by atoms with van der Waals surface area (Å²) in [4.78, 5) is 4.59. The van der Waals surface area contributed by atoms with Crippen LogP contribution in [0.2, 0.25) is 0 Å². The first-order chi connectivity index (χ1) is 9.28. The minimum atomic E-state index is 0.503. The van der Waals surface area contributed by atoms with Crippen molar-refractivity contribution in [2.24, 2.45) is 0 Å². The third-order valence-corrected chi connectivity index (χ3v) is 4.49. The number of aromatic nitrogens is 1. The Hall–Kier alpha value is -0.450. The molecule has 0 radical (unpaired) electrons. The van der Waals surface area contributed by atoms with E-state index in [0.29, 0.717) is 12.1 Å². The highest BCUT2D eigenvalue weighted by molar-refractivity contribution is 7.09. The highest BCUT2D eigenvalue weighted by Gasteiger charge is 2.18. The van der Waals surface area contributed by atoms with Crippen molar-refractivity contribution in [1.82, 2.24) is 10.3 Å². The number of hydrogen-bond acceptors (Lipinski definition) is 4. The number of nitrogens with zero attached hydrogens (tertiary/aromatic N) is 1. The lowest BCUT2D eigenvalue weighted by Crippen LogP contribution is -2.32. The molecule has 19 heavy (non-hydrogen) atoms. The summed E-state index contributed by atoms with van der Waals surface area (Å²) in [5.41, 5.74) is 1.24. The zero-order valence-electron chi connectivity index (χ0n) is 12.2. The van der Waals surface area contributed by atoms with Crippen LogP contribution in [-0.2, 0) is 11.2 Å². The summed E-state index contributed by atoms with van der Waals surface area (Å²) in [6.07, 6.45) is 7.61. The number of nitrogens with one attached hydrogen (secondary N) is 1. The highest BCUT2D eigenvalue weighted by Crippen LogP contribution is 2.19. The van der Waals surface area contributed by atoms with Crippen LogP contribution in [-0.4, -0.2) is 30.3 Å². The molecule has 0 amide bonds. The molecule has 1 fully saturated rings. The van der Waals surface area contributed by atoms with Gasteiger partial charge in [-0.25, -0.2) is 4.98 Å². The van der Waals surface area contributed by atoms with Gasteiger partial charge in [-0.05, 0) is 45.6 Å². The Balaban J connectivity index is 1.79. The molecule has 0 bridgehead atoms. The molecule has 1 saturated heterocycles. The zero-order chi connectivity index (χ0) is 13.5. The molecule has 2 unspecified atom stereocenters. The van der Waals surface area contributed by atoms with Crippen molar-refractivity contribution in [3.05, 3.63) is 16.1 Å². The largest absolute Gasteiger partial charge is 0.378 e. The van der Waals surface area contributed by atoms with Gasteiger partial charge >= 0.3 is 0 Å². The molecule has 1 aromatic rings. The first kappa shape index (κ1) is 14.9. The van der Waals surface area contributed by atoms with Crippen LogP contribution in [0.5, 0.6) is 0 Å². The molecule has 0 spiro atoms. The minimum absolute atomic E-state index is 0.503. The summed E-state index contributed by atoms with van der Waals surface area (Å²) < 4.78 is 5.72. The second-order valence-corrected chi connectivity index (χ2v) is 6.49. The Bertz CT molecular complexity index is 361. The van der Waals surface area contributed by atoms with Crippen molar-refractivity contribution < 1.29 is 4.74 Å². The van der Waals surface area contributed by atoms with Gasteiger partial charge in [0, 0.05) is 24.4 Å². The van der Waals surface area contributed by atoms with E-state index in [2.05, 4.69) is 29.5 Å². The van der Waals surface area contributed by atoms with E-state index in [-0.39, 0.29) is 0 Å².